The Labute approximate surface area is 114 Å². The molecule has 0 spiro atoms. The van der Waals surface area contributed by atoms with Crippen molar-refractivity contribution in [3.63, 3.8) is 0 Å². The van der Waals surface area contributed by atoms with Crippen LogP contribution in [-0.2, 0) is 4.79 Å². The number of hydrogen-bond donors (Lipinski definition) is 3. The average molecular weight is 266 g/mol. The van der Waals surface area contributed by atoms with Crippen molar-refractivity contribution in [3.05, 3.63) is 0 Å². The van der Waals surface area contributed by atoms with E-state index >= 15 is 0 Å². The lowest BCUT2D eigenvalue weighted by atomic mass is 9.82. The molecular formula is C14H22N2O3. The van der Waals surface area contributed by atoms with E-state index in [9.17, 15) is 9.59 Å². The van der Waals surface area contributed by atoms with Gasteiger partial charge in [-0.25, -0.2) is 4.79 Å². The first-order valence-corrected chi connectivity index (χ1v) is 6.77. The van der Waals surface area contributed by atoms with Crippen LogP contribution in [0.2, 0.25) is 0 Å². The molecule has 1 saturated carbocycles. The number of urea groups is 1. The van der Waals surface area contributed by atoms with Crippen molar-refractivity contribution in [3.8, 4) is 11.8 Å². The van der Waals surface area contributed by atoms with E-state index < -0.39 is 5.97 Å². The van der Waals surface area contributed by atoms with E-state index in [0.29, 0.717) is 25.4 Å². The number of rotatable bonds is 5. The van der Waals surface area contributed by atoms with Crippen LogP contribution in [0, 0.1) is 23.7 Å². The third-order valence-corrected chi connectivity index (χ3v) is 3.46. The molecule has 1 rings (SSSR count). The number of hydrogen-bond acceptors (Lipinski definition) is 2. The van der Waals surface area contributed by atoms with Gasteiger partial charge in [0.25, 0.3) is 0 Å². The van der Waals surface area contributed by atoms with Crippen LogP contribution in [-0.4, -0.2) is 30.2 Å². The summed E-state index contributed by atoms with van der Waals surface area (Å²) in [4.78, 5) is 22.3. The van der Waals surface area contributed by atoms with Gasteiger partial charge in [-0.2, -0.15) is 0 Å². The quantitative estimate of drug-likeness (QED) is 0.522. The highest BCUT2D eigenvalue weighted by atomic mass is 16.4. The molecule has 0 aliphatic heterocycles. The predicted octanol–water partition coefficient (Wildman–Crippen LogP) is 1.59. The Kier molecular flexibility index (Phi) is 6.80. The van der Waals surface area contributed by atoms with E-state index in [2.05, 4.69) is 22.5 Å². The zero-order valence-electron chi connectivity index (χ0n) is 11.4. The third kappa shape index (κ3) is 6.14. The summed E-state index contributed by atoms with van der Waals surface area (Å²) >= 11 is 0. The lowest BCUT2D eigenvalue weighted by Gasteiger charge is -2.26. The van der Waals surface area contributed by atoms with Crippen molar-refractivity contribution in [1.29, 1.82) is 0 Å². The molecule has 3 N–H and O–H groups in total. The maximum atomic E-state index is 11.5. The highest BCUT2D eigenvalue weighted by Gasteiger charge is 2.25. The molecule has 1 fully saturated rings. The van der Waals surface area contributed by atoms with Gasteiger partial charge < -0.3 is 15.7 Å². The Morgan fingerprint density at radius 1 is 1.21 bits per heavy atom. The maximum absolute atomic E-state index is 11.5. The van der Waals surface area contributed by atoms with Crippen molar-refractivity contribution in [2.24, 2.45) is 11.8 Å². The number of carboxylic acids is 1. The molecule has 0 unspecified atom stereocenters. The molecular weight excluding hydrogens is 244 g/mol. The molecule has 0 atom stereocenters. The summed E-state index contributed by atoms with van der Waals surface area (Å²) in [6.07, 6.45) is 3.84. The van der Waals surface area contributed by atoms with Gasteiger partial charge in [0.2, 0.25) is 0 Å². The van der Waals surface area contributed by atoms with Gasteiger partial charge in [-0.1, -0.05) is 0 Å². The fourth-order valence-corrected chi connectivity index (χ4v) is 2.28. The zero-order valence-corrected chi connectivity index (χ0v) is 11.4. The molecule has 0 aromatic rings. The monoisotopic (exact) mass is 266 g/mol. The largest absolute Gasteiger partial charge is 0.481 e. The summed E-state index contributed by atoms with van der Waals surface area (Å²) in [6.45, 7) is 2.95. The standard InChI is InChI=1S/C14H22N2O3/c1-2-3-4-9-15-14(19)16-10-11-5-7-12(8-6-11)13(17)18/h11-12H,4-10H2,1H3,(H,17,18)(H2,15,16,19). The molecule has 19 heavy (non-hydrogen) atoms. The fourth-order valence-electron chi connectivity index (χ4n) is 2.28. The molecule has 106 valence electrons. The number of aliphatic carboxylic acids is 1. The molecule has 0 bridgehead atoms. The molecule has 5 heteroatoms. The van der Waals surface area contributed by atoms with Crippen molar-refractivity contribution in [1.82, 2.24) is 10.6 Å². The van der Waals surface area contributed by atoms with Crippen molar-refractivity contribution in [2.45, 2.75) is 39.0 Å². The maximum Gasteiger partial charge on any atom is 0.314 e. The minimum Gasteiger partial charge on any atom is -0.481 e. The summed E-state index contributed by atoms with van der Waals surface area (Å²) in [7, 11) is 0. The van der Waals surface area contributed by atoms with Crippen LogP contribution in [0.5, 0.6) is 0 Å². The Morgan fingerprint density at radius 2 is 1.89 bits per heavy atom. The minimum absolute atomic E-state index is 0.168. The van der Waals surface area contributed by atoms with Crippen molar-refractivity contribution >= 4 is 12.0 Å². The topological polar surface area (TPSA) is 78.4 Å². The summed E-state index contributed by atoms with van der Waals surface area (Å²) in [5.41, 5.74) is 0. The Bertz CT molecular complexity index is 363. The van der Waals surface area contributed by atoms with Gasteiger partial charge in [0.15, 0.2) is 0 Å². The molecule has 1 aliphatic rings. The van der Waals surface area contributed by atoms with E-state index in [-0.39, 0.29) is 11.9 Å². The van der Waals surface area contributed by atoms with Gasteiger partial charge in [-0.15, -0.1) is 11.8 Å². The van der Waals surface area contributed by atoms with Crippen LogP contribution in [0.1, 0.15) is 39.0 Å². The number of carboxylic acid groups (broad SMARTS) is 1. The van der Waals surface area contributed by atoms with E-state index in [0.717, 1.165) is 25.7 Å². The number of nitrogens with one attached hydrogen (secondary N) is 2. The minimum atomic E-state index is -0.693. The van der Waals surface area contributed by atoms with Gasteiger partial charge in [0.1, 0.15) is 0 Å². The second kappa shape index (κ2) is 8.41. The first-order valence-electron chi connectivity index (χ1n) is 6.77. The Balaban J connectivity index is 2.10. The van der Waals surface area contributed by atoms with Gasteiger partial charge in [-0.3, -0.25) is 4.79 Å². The smallest absolute Gasteiger partial charge is 0.314 e. The summed E-state index contributed by atoms with van der Waals surface area (Å²) in [5, 5.41) is 14.5. The second-order valence-electron chi connectivity index (χ2n) is 4.87. The van der Waals surface area contributed by atoms with Crippen LogP contribution in [0.4, 0.5) is 4.79 Å². The average Bonchev–Trinajstić information content (AvgIpc) is 2.42. The van der Waals surface area contributed by atoms with Crippen LogP contribution < -0.4 is 10.6 Å². The van der Waals surface area contributed by atoms with E-state index in [1.54, 1.807) is 6.92 Å². The highest BCUT2D eigenvalue weighted by molar-refractivity contribution is 5.73. The summed E-state index contributed by atoms with van der Waals surface area (Å²) < 4.78 is 0. The second-order valence-corrected chi connectivity index (χ2v) is 4.87. The molecule has 0 aromatic carbocycles. The summed E-state index contributed by atoms with van der Waals surface area (Å²) in [6, 6.07) is -0.168. The number of carbonyl (C=O) groups excluding carboxylic acids is 1. The molecule has 0 saturated heterocycles. The Hall–Kier alpha value is -1.70. The molecule has 0 radical (unpaired) electrons. The van der Waals surface area contributed by atoms with E-state index in [1.165, 1.54) is 0 Å². The molecule has 0 aromatic heterocycles. The molecule has 0 heterocycles. The highest BCUT2D eigenvalue weighted by Crippen LogP contribution is 2.28. The van der Waals surface area contributed by atoms with E-state index in [4.69, 9.17) is 5.11 Å². The van der Waals surface area contributed by atoms with Crippen LogP contribution >= 0.6 is 0 Å². The predicted molar refractivity (Wildman–Crippen MR) is 72.6 cm³/mol. The first kappa shape index (κ1) is 15.4. The first-order chi connectivity index (χ1) is 9.13. The third-order valence-electron chi connectivity index (χ3n) is 3.46. The summed E-state index contributed by atoms with van der Waals surface area (Å²) in [5.74, 6) is 5.15. The molecule has 1 aliphatic carbocycles. The molecule has 2 amide bonds. The number of carbonyl (C=O) groups is 2. The fraction of sp³-hybridized carbons (Fsp3) is 0.714. The van der Waals surface area contributed by atoms with Gasteiger partial charge >= 0.3 is 12.0 Å². The van der Waals surface area contributed by atoms with Crippen molar-refractivity contribution < 1.29 is 14.7 Å². The van der Waals surface area contributed by atoms with Gasteiger partial charge in [-0.05, 0) is 38.5 Å². The normalized spacial score (nSPS) is 21.9. The number of amides is 2. The van der Waals surface area contributed by atoms with Crippen LogP contribution in [0.15, 0.2) is 0 Å². The van der Waals surface area contributed by atoms with Gasteiger partial charge in [0.05, 0.1) is 5.92 Å². The molecule has 5 nitrogen and oxygen atoms in total. The van der Waals surface area contributed by atoms with Crippen LogP contribution in [0.25, 0.3) is 0 Å². The zero-order chi connectivity index (χ0) is 14.1. The van der Waals surface area contributed by atoms with Gasteiger partial charge in [0, 0.05) is 19.5 Å². The SMILES string of the molecule is CC#CCCNC(=O)NCC1CCC(C(=O)O)CC1. The van der Waals surface area contributed by atoms with Crippen molar-refractivity contribution in [2.75, 3.05) is 13.1 Å². The lowest BCUT2D eigenvalue weighted by Crippen LogP contribution is -2.39. The Morgan fingerprint density at radius 3 is 2.47 bits per heavy atom. The van der Waals surface area contributed by atoms with E-state index in [1.807, 2.05) is 0 Å². The van der Waals surface area contributed by atoms with Crippen LogP contribution in [0.3, 0.4) is 0 Å². The lowest BCUT2D eigenvalue weighted by molar-refractivity contribution is -0.143.